The van der Waals surface area contributed by atoms with E-state index in [1.807, 2.05) is 0 Å². The van der Waals surface area contributed by atoms with E-state index in [0.717, 1.165) is 50.2 Å². The summed E-state index contributed by atoms with van der Waals surface area (Å²) in [7, 11) is 1.63. The maximum absolute atomic E-state index is 13.2. The summed E-state index contributed by atoms with van der Waals surface area (Å²) in [4.78, 5) is 0. The van der Waals surface area contributed by atoms with Crippen LogP contribution >= 0.6 is 0 Å². The van der Waals surface area contributed by atoms with Crippen molar-refractivity contribution in [2.75, 3.05) is 33.5 Å². The number of methoxy groups -OCH3 is 1. The van der Waals surface area contributed by atoms with Gasteiger partial charge in [0.1, 0.15) is 18.2 Å². The molecule has 1 fully saturated rings. The quantitative estimate of drug-likeness (QED) is 0.769. The van der Waals surface area contributed by atoms with E-state index in [1.165, 1.54) is 6.07 Å². The normalized spacial score (nSPS) is 15.1. The second-order valence-corrected chi connectivity index (χ2v) is 6.37. The Kier molecular flexibility index (Phi) is 10.6. The lowest BCUT2D eigenvalue weighted by molar-refractivity contribution is 0.0140. The van der Waals surface area contributed by atoms with E-state index in [4.69, 9.17) is 19.3 Å². The second kappa shape index (κ2) is 12.2. The van der Waals surface area contributed by atoms with Crippen LogP contribution in [0.3, 0.4) is 0 Å². The van der Waals surface area contributed by atoms with Gasteiger partial charge in [-0.2, -0.15) is 0 Å². The Labute approximate surface area is 144 Å². The van der Waals surface area contributed by atoms with Crippen LogP contribution in [0.25, 0.3) is 0 Å². The van der Waals surface area contributed by atoms with Crippen molar-refractivity contribution >= 4 is 0 Å². The van der Waals surface area contributed by atoms with Gasteiger partial charge in [-0.25, -0.2) is 4.39 Å². The zero-order chi connectivity index (χ0) is 17.8. The third-order valence-electron chi connectivity index (χ3n) is 3.75. The lowest BCUT2D eigenvalue weighted by Crippen LogP contribution is -2.19. The first-order valence-corrected chi connectivity index (χ1v) is 8.69. The first-order chi connectivity index (χ1) is 11.5. The molecule has 0 radical (unpaired) electrons. The van der Waals surface area contributed by atoms with Crippen LogP contribution in [0.4, 0.5) is 4.39 Å². The fourth-order valence-electron chi connectivity index (χ4n) is 2.25. The molecule has 0 atom stereocenters. The van der Waals surface area contributed by atoms with Crippen molar-refractivity contribution in [1.82, 2.24) is 0 Å². The van der Waals surface area contributed by atoms with Crippen molar-refractivity contribution < 1.29 is 23.7 Å². The summed E-state index contributed by atoms with van der Waals surface area (Å²) in [6.45, 7) is 6.83. The average Bonchev–Trinajstić information content (AvgIpc) is 2.56. The van der Waals surface area contributed by atoms with Crippen molar-refractivity contribution in [3.8, 4) is 5.75 Å². The summed E-state index contributed by atoms with van der Waals surface area (Å²) in [5.41, 5.74) is 0.940. The topological polar surface area (TPSA) is 47.9 Å². The number of hydrogen-bond donors (Lipinski definition) is 1. The third kappa shape index (κ3) is 9.21. The molecule has 2 rings (SSSR count). The molecule has 1 N–H and O–H groups in total. The van der Waals surface area contributed by atoms with Crippen LogP contribution in [0, 0.1) is 11.7 Å². The molecule has 0 aliphatic carbocycles. The van der Waals surface area contributed by atoms with Gasteiger partial charge in [-0.3, -0.25) is 0 Å². The van der Waals surface area contributed by atoms with Crippen LogP contribution < -0.4 is 4.74 Å². The van der Waals surface area contributed by atoms with Gasteiger partial charge in [-0.15, -0.1) is 0 Å². The average molecular weight is 342 g/mol. The van der Waals surface area contributed by atoms with E-state index in [9.17, 15) is 4.39 Å². The summed E-state index contributed by atoms with van der Waals surface area (Å²) in [6, 6.07) is 4.69. The predicted molar refractivity (Wildman–Crippen MR) is 93.0 cm³/mol. The van der Waals surface area contributed by atoms with Gasteiger partial charge in [0.05, 0.1) is 12.7 Å². The second-order valence-electron chi connectivity index (χ2n) is 6.37. The minimum absolute atomic E-state index is 0.0891. The number of aryl methyl sites for hydroxylation is 1. The van der Waals surface area contributed by atoms with Gasteiger partial charge >= 0.3 is 0 Å². The molecule has 24 heavy (non-hydrogen) atoms. The largest absolute Gasteiger partial charge is 0.491 e. The van der Waals surface area contributed by atoms with Crippen molar-refractivity contribution in [2.45, 2.75) is 45.6 Å². The van der Waals surface area contributed by atoms with E-state index in [0.29, 0.717) is 19.1 Å². The van der Waals surface area contributed by atoms with Gasteiger partial charge < -0.3 is 19.3 Å². The number of aliphatic hydroxyl groups is 1. The number of benzene rings is 1. The number of hydrogen-bond acceptors (Lipinski definition) is 4. The number of aliphatic hydroxyl groups excluding tert-OH is 1. The highest BCUT2D eigenvalue weighted by Gasteiger charge is 2.08. The van der Waals surface area contributed by atoms with Crippen LogP contribution in [0.5, 0.6) is 5.75 Å². The molecule has 4 nitrogen and oxygen atoms in total. The molecule has 0 aromatic heterocycles. The van der Waals surface area contributed by atoms with Gasteiger partial charge in [0.2, 0.25) is 0 Å². The standard InChI is InChI=1S/C14H21FO2.C5H10O2/c1-11(2)4-5-12-10-13(15)6-7-14(12)17-9-8-16-3;6-5-1-3-7-4-2-5/h6-7,10-11H,4-5,8-9H2,1-3H3;5-6H,1-4H2. The van der Waals surface area contributed by atoms with Crippen LogP contribution in [-0.2, 0) is 15.9 Å². The van der Waals surface area contributed by atoms with E-state index < -0.39 is 0 Å². The minimum Gasteiger partial charge on any atom is -0.491 e. The monoisotopic (exact) mass is 342 g/mol. The first-order valence-electron chi connectivity index (χ1n) is 8.69. The Morgan fingerprint density at radius 2 is 1.96 bits per heavy atom. The molecule has 1 heterocycles. The molecule has 0 spiro atoms. The van der Waals surface area contributed by atoms with E-state index >= 15 is 0 Å². The van der Waals surface area contributed by atoms with E-state index in [-0.39, 0.29) is 11.9 Å². The maximum atomic E-state index is 13.2. The molecule has 1 aliphatic rings. The first kappa shape index (κ1) is 20.9. The molecule has 1 saturated heterocycles. The number of rotatable bonds is 7. The summed E-state index contributed by atoms with van der Waals surface area (Å²) in [5.74, 6) is 1.16. The summed E-state index contributed by atoms with van der Waals surface area (Å²) < 4.78 is 28.7. The lowest BCUT2D eigenvalue weighted by atomic mass is 10.0. The highest BCUT2D eigenvalue weighted by molar-refractivity contribution is 5.34. The molecular formula is C19H31FO4. The van der Waals surface area contributed by atoms with Crippen molar-refractivity contribution in [1.29, 1.82) is 0 Å². The Balaban J connectivity index is 0.000000341. The van der Waals surface area contributed by atoms with Gasteiger partial charge in [0.15, 0.2) is 0 Å². The van der Waals surface area contributed by atoms with Crippen LogP contribution in [0.1, 0.15) is 38.7 Å². The Hall–Kier alpha value is -1.17. The van der Waals surface area contributed by atoms with Gasteiger partial charge in [-0.1, -0.05) is 13.8 Å². The molecular weight excluding hydrogens is 311 g/mol. The molecule has 0 unspecified atom stereocenters. The molecule has 1 aliphatic heterocycles. The molecule has 5 heteroatoms. The molecule has 0 amide bonds. The number of halogens is 1. The van der Waals surface area contributed by atoms with Crippen molar-refractivity contribution in [3.05, 3.63) is 29.6 Å². The highest BCUT2D eigenvalue weighted by Crippen LogP contribution is 2.22. The van der Waals surface area contributed by atoms with Gasteiger partial charge in [0.25, 0.3) is 0 Å². The Morgan fingerprint density at radius 1 is 1.25 bits per heavy atom. The Bertz CT molecular complexity index is 445. The molecule has 1 aromatic carbocycles. The van der Waals surface area contributed by atoms with E-state index in [2.05, 4.69) is 13.8 Å². The molecule has 0 saturated carbocycles. The van der Waals surface area contributed by atoms with Crippen molar-refractivity contribution in [3.63, 3.8) is 0 Å². The summed E-state index contributed by atoms with van der Waals surface area (Å²) in [6.07, 6.45) is 3.43. The van der Waals surface area contributed by atoms with Crippen molar-refractivity contribution in [2.24, 2.45) is 5.92 Å². The smallest absolute Gasteiger partial charge is 0.123 e. The SMILES string of the molecule is COCCOc1ccc(F)cc1CCC(C)C.OC1CCOCC1. The summed E-state index contributed by atoms with van der Waals surface area (Å²) in [5, 5.41) is 8.83. The number of ether oxygens (including phenoxy) is 3. The van der Waals surface area contributed by atoms with E-state index in [1.54, 1.807) is 19.2 Å². The zero-order valence-electron chi connectivity index (χ0n) is 15.1. The predicted octanol–water partition coefficient (Wildman–Crippen LogP) is 3.60. The minimum atomic E-state index is -0.206. The van der Waals surface area contributed by atoms with Crippen LogP contribution in [0.2, 0.25) is 0 Å². The lowest BCUT2D eigenvalue weighted by Gasteiger charge is -2.15. The van der Waals surface area contributed by atoms with Gasteiger partial charge in [0, 0.05) is 20.3 Å². The zero-order valence-corrected chi connectivity index (χ0v) is 15.1. The van der Waals surface area contributed by atoms with Gasteiger partial charge in [-0.05, 0) is 55.4 Å². The summed E-state index contributed by atoms with van der Waals surface area (Å²) >= 11 is 0. The fourth-order valence-corrected chi connectivity index (χ4v) is 2.25. The van der Waals surface area contributed by atoms with Crippen LogP contribution in [0.15, 0.2) is 18.2 Å². The van der Waals surface area contributed by atoms with Crippen LogP contribution in [-0.4, -0.2) is 44.7 Å². The molecule has 138 valence electrons. The molecule has 0 bridgehead atoms. The third-order valence-corrected chi connectivity index (χ3v) is 3.75. The Morgan fingerprint density at radius 3 is 2.50 bits per heavy atom. The highest BCUT2D eigenvalue weighted by atomic mass is 19.1. The maximum Gasteiger partial charge on any atom is 0.123 e. The fraction of sp³-hybridized carbons (Fsp3) is 0.684. The molecule has 1 aromatic rings.